The molecule has 0 spiro atoms. The lowest BCUT2D eigenvalue weighted by atomic mass is 10.2. The van der Waals surface area contributed by atoms with E-state index in [1.807, 2.05) is 30.3 Å². The van der Waals surface area contributed by atoms with Gasteiger partial charge in [0.25, 0.3) is 0 Å². The van der Waals surface area contributed by atoms with Gasteiger partial charge in [-0.25, -0.2) is 4.79 Å². The highest BCUT2D eigenvalue weighted by Gasteiger charge is 2.07. The van der Waals surface area contributed by atoms with Gasteiger partial charge in [0.2, 0.25) is 0 Å². The largest absolute Gasteiger partial charge is 0.456 e. The maximum absolute atomic E-state index is 11.4. The lowest BCUT2D eigenvalue weighted by Crippen LogP contribution is -2.18. The number of likely N-dealkylation sites (N-methyl/N-ethyl adjacent to an activating group) is 1. The molecule has 0 aliphatic carbocycles. The number of hydrogen-bond acceptors (Lipinski definition) is 3. The molecule has 0 saturated heterocycles. The number of ether oxygens (including phenoxy) is 1. The van der Waals surface area contributed by atoms with Gasteiger partial charge in [0.15, 0.2) is 0 Å². The van der Waals surface area contributed by atoms with Crippen LogP contribution in [0.1, 0.15) is 12.5 Å². The third-order valence-electron chi connectivity index (χ3n) is 1.99. The summed E-state index contributed by atoms with van der Waals surface area (Å²) in [7, 11) is 1.69. The van der Waals surface area contributed by atoms with Gasteiger partial charge in [-0.15, -0.1) is 0 Å². The number of rotatable bonds is 4. The van der Waals surface area contributed by atoms with E-state index in [4.69, 9.17) is 4.74 Å². The first-order chi connectivity index (χ1) is 7.27. The lowest BCUT2D eigenvalue weighted by Gasteiger charge is -2.07. The van der Waals surface area contributed by atoms with Crippen LogP contribution < -0.4 is 5.32 Å². The Hall–Kier alpha value is -1.77. The maximum Gasteiger partial charge on any atom is 0.354 e. The lowest BCUT2D eigenvalue weighted by molar-refractivity contribution is -0.140. The Balaban J connectivity index is 2.48. The van der Waals surface area contributed by atoms with Crippen molar-refractivity contribution in [1.29, 1.82) is 0 Å². The fourth-order valence-corrected chi connectivity index (χ4v) is 1.17. The number of hydrogen-bond donors (Lipinski definition) is 1. The zero-order valence-electron chi connectivity index (χ0n) is 8.99. The predicted octanol–water partition coefficient (Wildman–Crippen LogP) is 1.85. The van der Waals surface area contributed by atoms with Gasteiger partial charge >= 0.3 is 5.97 Å². The fraction of sp³-hybridized carbons (Fsp3) is 0.250. The van der Waals surface area contributed by atoms with Crippen molar-refractivity contribution < 1.29 is 9.53 Å². The molecule has 3 nitrogen and oxygen atoms in total. The van der Waals surface area contributed by atoms with Crippen molar-refractivity contribution in [2.75, 3.05) is 7.05 Å². The van der Waals surface area contributed by atoms with Crippen molar-refractivity contribution >= 4 is 5.97 Å². The van der Waals surface area contributed by atoms with E-state index in [1.54, 1.807) is 20.0 Å². The average molecular weight is 205 g/mol. The molecule has 1 rings (SSSR count). The quantitative estimate of drug-likeness (QED) is 0.602. The van der Waals surface area contributed by atoms with Crippen LogP contribution >= 0.6 is 0 Å². The molecule has 0 heterocycles. The van der Waals surface area contributed by atoms with Crippen LogP contribution in [0.3, 0.4) is 0 Å². The molecule has 0 radical (unpaired) electrons. The van der Waals surface area contributed by atoms with E-state index in [0.29, 0.717) is 12.3 Å². The summed E-state index contributed by atoms with van der Waals surface area (Å²) in [6.45, 7) is 2.09. The maximum atomic E-state index is 11.4. The second kappa shape index (κ2) is 5.86. The zero-order chi connectivity index (χ0) is 11.1. The molecule has 0 fully saturated rings. The third-order valence-corrected chi connectivity index (χ3v) is 1.99. The molecular formula is C12H15NO2. The highest BCUT2D eigenvalue weighted by Crippen LogP contribution is 2.02. The number of allylic oxidation sites excluding steroid dienone is 1. The average Bonchev–Trinajstić information content (AvgIpc) is 2.29. The van der Waals surface area contributed by atoms with Gasteiger partial charge in [0.05, 0.1) is 0 Å². The molecule has 1 aromatic carbocycles. The number of benzene rings is 1. The van der Waals surface area contributed by atoms with Crippen LogP contribution in [0.5, 0.6) is 0 Å². The van der Waals surface area contributed by atoms with E-state index in [2.05, 4.69) is 5.32 Å². The molecule has 0 bridgehead atoms. The third kappa shape index (κ3) is 3.46. The Morgan fingerprint density at radius 1 is 1.40 bits per heavy atom. The first-order valence-corrected chi connectivity index (χ1v) is 4.83. The van der Waals surface area contributed by atoms with Crippen molar-refractivity contribution in [2.45, 2.75) is 13.5 Å². The van der Waals surface area contributed by atoms with Crippen LogP contribution in [0.15, 0.2) is 42.1 Å². The summed E-state index contributed by atoms with van der Waals surface area (Å²) in [6, 6.07) is 9.59. The fourth-order valence-electron chi connectivity index (χ4n) is 1.17. The summed E-state index contributed by atoms with van der Waals surface area (Å²) in [6.07, 6.45) is 1.69. The Kier molecular flexibility index (Phi) is 4.41. The van der Waals surface area contributed by atoms with E-state index in [0.717, 1.165) is 5.56 Å². The predicted molar refractivity (Wildman–Crippen MR) is 59.1 cm³/mol. The van der Waals surface area contributed by atoms with E-state index in [-0.39, 0.29) is 5.97 Å². The molecule has 1 N–H and O–H groups in total. The summed E-state index contributed by atoms with van der Waals surface area (Å²) in [4.78, 5) is 11.4. The van der Waals surface area contributed by atoms with Crippen molar-refractivity contribution in [1.82, 2.24) is 5.32 Å². The number of carbonyl (C=O) groups excluding carboxylic acids is 1. The zero-order valence-corrected chi connectivity index (χ0v) is 8.99. The van der Waals surface area contributed by atoms with E-state index < -0.39 is 0 Å². The Morgan fingerprint density at radius 3 is 2.60 bits per heavy atom. The van der Waals surface area contributed by atoms with Gasteiger partial charge in [-0.1, -0.05) is 36.4 Å². The van der Waals surface area contributed by atoms with Gasteiger partial charge in [0, 0.05) is 7.05 Å². The van der Waals surface area contributed by atoms with Crippen LogP contribution in [0, 0.1) is 0 Å². The molecule has 0 aromatic heterocycles. The van der Waals surface area contributed by atoms with Crippen molar-refractivity contribution in [2.24, 2.45) is 0 Å². The van der Waals surface area contributed by atoms with Gasteiger partial charge in [-0.3, -0.25) is 0 Å². The van der Waals surface area contributed by atoms with Crippen LogP contribution in [0.4, 0.5) is 0 Å². The smallest absolute Gasteiger partial charge is 0.354 e. The molecule has 0 atom stereocenters. The van der Waals surface area contributed by atoms with Gasteiger partial charge in [-0.05, 0) is 12.5 Å². The molecule has 0 unspecified atom stereocenters. The van der Waals surface area contributed by atoms with Crippen molar-refractivity contribution in [3.8, 4) is 0 Å². The van der Waals surface area contributed by atoms with Gasteiger partial charge < -0.3 is 10.1 Å². The monoisotopic (exact) mass is 205 g/mol. The van der Waals surface area contributed by atoms with E-state index >= 15 is 0 Å². The second-order valence-corrected chi connectivity index (χ2v) is 3.01. The molecule has 0 saturated carbocycles. The molecule has 80 valence electrons. The van der Waals surface area contributed by atoms with Gasteiger partial charge in [-0.2, -0.15) is 0 Å². The van der Waals surface area contributed by atoms with Crippen molar-refractivity contribution in [3.63, 3.8) is 0 Å². The number of nitrogens with one attached hydrogen (secondary N) is 1. The minimum atomic E-state index is -0.330. The van der Waals surface area contributed by atoms with Crippen LogP contribution in [-0.4, -0.2) is 13.0 Å². The summed E-state index contributed by atoms with van der Waals surface area (Å²) in [5, 5.41) is 2.77. The Labute approximate surface area is 89.8 Å². The number of carbonyl (C=O) groups is 1. The topological polar surface area (TPSA) is 38.3 Å². The highest BCUT2D eigenvalue weighted by atomic mass is 16.5. The minimum absolute atomic E-state index is 0.304. The second-order valence-electron chi connectivity index (χ2n) is 3.01. The van der Waals surface area contributed by atoms with E-state index in [9.17, 15) is 4.79 Å². The van der Waals surface area contributed by atoms with E-state index in [1.165, 1.54) is 0 Å². The first-order valence-electron chi connectivity index (χ1n) is 4.83. The van der Waals surface area contributed by atoms with Crippen LogP contribution in [0.2, 0.25) is 0 Å². The molecular weight excluding hydrogens is 190 g/mol. The highest BCUT2D eigenvalue weighted by molar-refractivity contribution is 5.87. The molecule has 0 aliphatic rings. The summed E-state index contributed by atoms with van der Waals surface area (Å²) >= 11 is 0. The van der Waals surface area contributed by atoms with Gasteiger partial charge in [0.1, 0.15) is 12.3 Å². The summed E-state index contributed by atoms with van der Waals surface area (Å²) < 4.78 is 5.10. The minimum Gasteiger partial charge on any atom is -0.456 e. The molecule has 15 heavy (non-hydrogen) atoms. The van der Waals surface area contributed by atoms with Crippen molar-refractivity contribution in [3.05, 3.63) is 47.7 Å². The number of esters is 1. The molecule has 1 aromatic rings. The standard InChI is InChI=1S/C12H15NO2/c1-3-11(13-2)12(14)15-9-10-7-5-4-6-8-10/h3-8,13H,9H2,1-2H3/b11-3-. The SMILES string of the molecule is C/C=C(\NC)C(=O)OCc1ccccc1. The first kappa shape index (κ1) is 11.3. The molecule has 0 aliphatic heterocycles. The van der Waals surface area contributed by atoms with Crippen LogP contribution in [-0.2, 0) is 16.1 Å². The van der Waals surface area contributed by atoms with Crippen LogP contribution in [0.25, 0.3) is 0 Å². The summed E-state index contributed by atoms with van der Waals surface area (Å²) in [5.74, 6) is -0.330. The normalized spacial score (nSPS) is 10.9. The Morgan fingerprint density at radius 2 is 2.07 bits per heavy atom. The molecule has 3 heteroatoms. The molecule has 0 amide bonds. The Bertz CT molecular complexity index is 344. The summed E-state index contributed by atoms with van der Waals surface area (Å²) in [5.41, 5.74) is 1.46.